The van der Waals surface area contributed by atoms with Gasteiger partial charge in [-0.1, -0.05) is 11.6 Å². The molecule has 3 N–H and O–H groups in total. The van der Waals surface area contributed by atoms with E-state index in [9.17, 15) is 4.79 Å². The molecule has 0 spiro atoms. The maximum atomic E-state index is 11.4. The smallest absolute Gasteiger partial charge is 0.338 e. The van der Waals surface area contributed by atoms with E-state index in [4.69, 9.17) is 34.3 Å². The molecule has 0 aliphatic carbocycles. The Morgan fingerprint density at radius 1 is 1.47 bits per heavy atom. The van der Waals surface area contributed by atoms with Gasteiger partial charge in [-0.15, -0.1) is 0 Å². The molecular weight excluding hydrogens is 264 g/mol. The van der Waals surface area contributed by atoms with Gasteiger partial charge in [0.15, 0.2) is 5.11 Å². The highest BCUT2D eigenvalue weighted by Gasteiger charge is 2.14. The van der Waals surface area contributed by atoms with Gasteiger partial charge in [0.25, 0.3) is 0 Å². The van der Waals surface area contributed by atoms with Crippen molar-refractivity contribution in [2.24, 2.45) is 5.73 Å². The van der Waals surface area contributed by atoms with Crippen LogP contribution in [0.5, 0.6) is 5.75 Å². The van der Waals surface area contributed by atoms with Gasteiger partial charge in [0.2, 0.25) is 0 Å². The lowest BCUT2D eigenvalue weighted by molar-refractivity contribution is 0.0600. The largest absolute Gasteiger partial charge is 0.495 e. The zero-order valence-electron chi connectivity index (χ0n) is 9.24. The number of hydrogen-bond acceptors (Lipinski definition) is 4. The molecule has 0 aromatic heterocycles. The summed E-state index contributed by atoms with van der Waals surface area (Å²) in [5.74, 6) is -0.181. The van der Waals surface area contributed by atoms with Crippen LogP contribution in [0.3, 0.4) is 0 Å². The zero-order valence-corrected chi connectivity index (χ0v) is 10.8. The zero-order chi connectivity index (χ0) is 13.0. The highest BCUT2D eigenvalue weighted by Crippen LogP contribution is 2.33. The molecule has 0 aliphatic heterocycles. The van der Waals surface area contributed by atoms with Gasteiger partial charge < -0.3 is 20.5 Å². The number of anilines is 1. The molecule has 17 heavy (non-hydrogen) atoms. The maximum absolute atomic E-state index is 11.4. The van der Waals surface area contributed by atoms with Crippen molar-refractivity contribution in [2.75, 3.05) is 19.5 Å². The highest BCUT2D eigenvalue weighted by atomic mass is 35.5. The number of halogens is 1. The van der Waals surface area contributed by atoms with Crippen LogP contribution in [-0.2, 0) is 4.74 Å². The summed E-state index contributed by atoms with van der Waals surface area (Å²) in [6, 6.07) is 2.95. The number of esters is 1. The molecule has 1 aromatic carbocycles. The van der Waals surface area contributed by atoms with Gasteiger partial charge in [0, 0.05) is 0 Å². The molecule has 0 radical (unpaired) electrons. The predicted octanol–water partition coefficient (Wildman–Crippen LogP) is 1.79. The quantitative estimate of drug-likeness (QED) is 0.647. The molecule has 0 saturated heterocycles. The van der Waals surface area contributed by atoms with Gasteiger partial charge >= 0.3 is 5.97 Å². The Hall–Kier alpha value is -1.53. The molecule has 92 valence electrons. The van der Waals surface area contributed by atoms with Crippen LogP contribution in [-0.4, -0.2) is 25.3 Å². The first kappa shape index (κ1) is 13.5. The van der Waals surface area contributed by atoms with Crippen molar-refractivity contribution >= 4 is 40.6 Å². The van der Waals surface area contributed by atoms with E-state index in [1.807, 2.05) is 0 Å². The number of carbonyl (C=O) groups excluding carboxylic acids is 1. The van der Waals surface area contributed by atoms with Crippen molar-refractivity contribution in [1.82, 2.24) is 0 Å². The number of benzene rings is 1. The molecule has 7 heteroatoms. The van der Waals surface area contributed by atoms with Crippen molar-refractivity contribution in [3.05, 3.63) is 22.7 Å². The molecule has 5 nitrogen and oxygen atoms in total. The number of hydrogen-bond donors (Lipinski definition) is 2. The summed E-state index contributed by atoms with van der Waals surface area (Å²) in [6.07, 6.45) is 0. The molecule has 0 unspecified atom stereocenters. The summed E-state index contributed by atoms with van der Waals surface area (Å²) < 4.78 is 9.64. The molecule has 0 saturated carbocycles. The van der Waals surface area contributed by atoms with Crippen LogP contribution in [0.4, 0.5) is 5.69 Å². The first-order valence-corrected chi connectivity index (χ1v) is 5.30. The third kappa shape index (κ3) is 3.21. The molecule has 0 amide bonds. The Bertz CT molecular complexity index is 465. The first-order chi connectivity index (χ1) is 7.99. The minimum Gasteiger partial charge on any atom is -0.495 e. The summed E-state index contributed by atoms with van der Waals surface area (Å²) in [5.41, 5.74) is 6.02. The average molecular weight is 275 g/mol. The number of carbonyl (C=O) groups is 1. The van der Waals surface area contributed by atoms with Gasteiger partial charge in [0.1, 0.15) is 10.8 Å². The Morgan fingerprint density at radius 3 is 2.59 bits per heavy atom. The first-order valence-electron chi connectivity index (χ1n) is 4.52. The summed E-state index contributed by atoms with van der Waals surface area (Å²) in [5, 5.41) is 2.98. The van der Waals surface area contributed by atoms with Crippen molar-refractivity contribution in [1.29, 1.82) is 0 Å². The van der Waals surface area contributed by atoms with E-state index in [-0.39, 0.29) is 15.7 Å². The maximum Gasteiger partial charge on any atom is 0.338 e. The van der Waals surface area contributed by atoms with E-state index < -0.39 is 5.97 Å². The standard InChI is InChI=1S/C10H11ClN2O3S/c1-15-7-4-5(9(14)16-2)3-6(8(7)11)13-10(12)17/h3-4H,1-2H3,(H3,12,13,17). The summed E-state index contributed by atoms with van der Waals surface area (Å²) in [7, 11) is 2.72. The van der Waals surface area contributed by atoms with E-state index >= 15 is 0 Å². The molecule has 1 rings (SSSR count). The van der Waals surface area contributed by atoms with Crippen LogP contribution < -0.4 is 15.8 Å². The minimum atomic E-state index is -0.508. The van der Waals surface area contributed by atoms with E-state index in [1.165, 1.54) is 26.4 Å². The Kier molecular flexibility index (Phi) is 4.53. The van der Waals surface area contributed by atoms with Crippen molar-refractivity contribution in [3.63, 3.8) is 0 Å². The van der Waals surface area contributed by atoms with Gasteiger partial charge in [0.05, 0.1) is 25.5 Å². The highest BCUT2D eigenvalue weighted by molar-refractivity contribution is 7.80. The second-order valence-electron chi connectivity index (χ2n) is 3.02. The fourth-order valence-corrected chi connectivity index (χ4v) is 1.55. The molecule has 0 fully saturated rings. The summed E-state index contributed by atoms with van der Waals surface area (Å²) in [4.78, 5) is 11.4. The van der Waals surface area contributed by atoms with Crippen LogP contribution in [0.2, 0.25) is 5.02 Å². The lowest BCUT2D eigenvalue weighted by Crippen LogP contribution is -2.19. The Morgan fingerprint density at radius 2 is 2.12 bits per heavy atom. The number of methoxy groups -OCH3 is 2. The topological polar surface area (TPSA) is 73.6 Å². The Balaban J connectivity index is 3.27. The normalized spacial score (nSPS) is 9.59. The third-order valence-electron chi connectivity index (χ3n) is 1.94. The fourth-order valence-electron chi connectivity index (χ4n) is 1.21. The van der Waals surface area contributed by atoms with Gasteiger partial charge in [-0.3, -0.25) is 0 Å². The molecule has 0 bridgehead atoms. The number of thiocarbonyl (C=S) groups is 1. The lowest BCUT2D eigenvalue weighted by Gasteiger charge is -2.12. The summed E-state index contributed by atoms with van der Waals surface area (Å²) in [6.45, 7) is 0. The van der Waals surface area contributed by atoms with Gasteiger partial charge in [-0.05, 0) is 24.4 Å². The van der Waals surface area contributed by atoms with E-state index in [2.05, 4.69) is 10.1 Å². The van der Waals surface area contributed by atoms with Crippen molar-refractivity contribution in [2.45, 2.75) is 0 Å². The van der Waals surface area contributed by atoms with E-state index in [0.29, 0.717) is 11.4 Å². The number of rotatable bonds is 3. The van der Waals surface area contributed by atoms with E-state index in [1.54, 1.807) is 0 Å². The van der Waals surface area contributed by atoms with Crippen LogP contribution in [0, 0.1) is 0 Å². The fraction of sp³-hybridized carbons (Fsp3) is 0.200. The van der Waals surface area contributed by atoms with E-state index in [0.717, 1.165) is 0 Å². The molecular formula is C10H11ClN2O3S. The minimum absolute atomic E-state index is 0.0379. The number of ether oxygens (including phenoxy) is 2. The molecule has 0 aliphatic rings. The van der Waals surface area contributed by atoms with Crippen LogP contribution in [0.15, 0.2) is 12.1 Å². The number of nitrogens with two attached hydrogens (primary N) is 1. The molecule has 0 heterocycles. The third-order valence-corrected chi connectivity index (χ3v) is 2.43. The molecule has 1 aromatic rings. The second-order valence-corrected chi connectivity index (χ2v) is 3.84. The van der Waals surface area contributed by atoms with Gasteiger partial charge in [-0.25, -0.2) is 4.79 Å². The van der Waals surface area contributed by atoms with Crippen molar-refractivity contribution < 1.29 is 14.3 Å². The number of nitrogens with one attached hydrogen (secondary N) is 1. The monoisotopic (exact) mass is 274 g/mol. The van der Waals surface area contributed by atoms with Gasteiger partial charge in [-0.2, -0.15) is 0 Å². The van der Waals surface area contributed by atoms with Crippen LogP contribution in [0.25, 0.3) is 0 Å². The lowest BCUT2D eigenvalue weighted by atomic mass is 10.2. The average Bonchev–Trinajstić information content (AvgIpc) is 2.30. The summed E-state index contributed by atoms with van der Waals surface area (Å²) >= 11 is 10.7. The van der Waals surface area contributed by atoms with Crippen LogP contribution >= 0.6 is 23.8 Å². The van der Waals surface area contributed by atoms with Crippen LogP contribution in [0.1, 0.15) is 10.4 Å². The predicted molar refractivity (Wildman–Crippen MR) is 69.8 cm³/mol. The second kappa shape index (κ2) is 5.70. The molecule has 0 atom stereocenters. The Labute approximate surface area is 109 Å². The SMILES string of the molecule is COC(=O)c1cc(NC(N)=S)c(Cl)c(OC)c1. The van der Waals surface area contributed by atoms with Crippen molar-refractivity contribution in [3.8, 4) is 5.75 Å².